The second-order valence-electron chi connectivity index (χ2n) is 6.88. The Morgan fingerprint density at radius 1 is 1.32 bits per heavy atom. The van der Waals surface area contributed by atoms with Gasteiger partial charge in [-0.1, -0.05) is 0 Å². The van der Waals surface area contributed by atoms with Crippen LogP contribution in [0.25, 0.3) is 5.78 Å². The van der Waals surface area contributed by atoms with E-state index in [0.717, 1.165) is 17.0 Å². The van der Waals surface area contributed by atoms with Crippen molar-refractivity contribution in [1.29, 1.82) is 0 Å². The first-order valence-corrected chi connectivity index (χ1v) is 9.21. The number of carbonyl (C=O) groups excluding carboxylic acids is 1. The molecule has 0 bridgehead atoms. The molecule has 3 rings (SSSR count). The Balaban J connectivity index is 1.59. The van der Waals surface area contributed by atoms with Crippen molar-refractivity contribution >= 4 is 11.7 Å². The van der Waals surface area contributed by atoms with Crippen molar-refractivity contribution in [3.8, 4) is 0 Å². The Hall–Kier alpha value is -2.27. The van der Waals surface area contributed by atoms with Crippen LogP contribution in [0.1, 0.15) is 23.4 Å². The van der Waals surface area contributed by atoms with Crippen LogP contribution in [0.2, 0.25) is 0 Å². The molecule has 11 heteroatoms. The average Bonchev–Trinajstić information content (AvgIpc) is 3.10. The Bertz CT molecular complexity index is 830. The molecule has 1 atom stereocenters. The molecule has 1 saturated heterocycles. The minimum atomic E-state index is -4.39. The highest BCUT2D eigenvalue weighted by Crippen LogP contribution is 2.25. The van der Waals surface area contributed by atoms with Crippen molar-refractivity contribution in [2.75, 3.05) is 32.7 Å². The Morgan fingerprint density at radius 3 is 2.71 bits per heavy atom. The summed E-state index contributed by atoms with van der Waals surface area (Å²) in [5.74, 6) is 0.0640. The van der Waals surface area contributed by atoms with Gasteiger partial charge >= 0.3 is 6.18 Å². The summed E-state index contributed by atoms with van der Waals surface area (Å²) in [5.41, 5.74) is 2.41. The highest BCUT2D eigenvalue weighted by Gasteiger charge is 2.43. The van der Waals surface area contributed by atoms with Gasteiger partial charge in [0.25, 0.3) is 5.78 Å². The average molecular weight is 399 g/mol. The molecule has 1 unspecified atom stereocenters. The van der Waals surface area contributed by atoms with Gasteiger partial charge in [-0.05, 0) is 25.8 Å². The number of hydrogen-bond acceptors (Lipinski definition) is 6. The first-order valence-electron chi connectivity index (χ1n) is 9.21. The van der Waals surface area contributed by atoms with Crippen LogP contribution in [0.3, 0.4) is 0 Å². The van der Waals surface area contributed by atoms with Gasteiger partial charge in [0.15, 0.2) is 0 Å². The fraction of sp³-hybridized carbons (Fsp3) is 0.647. The lowest BCUT2D eigenvalue weighted by atomic mass is 10.1. The van der Waals surface area contributed by atoms with Crippen molar-refractivity contribution in [2.24, 2.45) is 0 Å². The van der Waals surface area contributed by atoms with Crippen LogP contribution >= 0.6 is 0 Å². The van der Waals surface area contributed by atoms with Crippen LogP contribution in [0.5, 0.6) is 0 Å². The molecule has 1 fully saturated rings. The van der Waals surface area contributed by atoms with Gasteiger partial charge in [-0.2, -0.15) is 23.3 Å². The number of rotatable bonds is 6. The normalized spacial score (nSPS) is 17.0. The molecule has 0 aliphatic carbocycles. The maximum Gasteiger partial charge on any atom is 0.405 e. The van der Waals surface area contributed by atoms with Gasteiger partial charge in [0.05, 0.1) is 0 Å². The number of fused-ring (bicyclic) bond motifs is 1. The molecule has 0 saturated carbocycles. The number of nitrogens with one attached hydrogen (secondary N) is 2. The minimum Gasteiger partial charge on any atom is -0.354 e. The minimum absolute atomic E-state index is 0.0791. The molecule has 8 nitrogen and oxygen atoms in total. The second kappa shape index (κ2) is 8.39. The number of piperazine rings is 1. The SMILES string of the molecule is Cc1nc2ncnn2c(C)c1CCC(=O)NCC(N1CCNCC1)C(F)(F)F. The summed E-state index contributed by atoms with van der Waals surface area (Å²) >= 11 is 0. The van der Waals surface area contributed by atoms with Crippen LogP contribution in [0.4, 0.5) is 13.2 Å². The lowest BCUT2D eigenvalue weighted by molar-refractivity contribution is -0.184. The van der Waals surface area contributed by atoms with E-state index in [1.165, 1.54) is 11.2 Å². The molecule has 1 aliphatic rings. The fourth-order valence-electron chi connectivity index (χ4n) is 3.50. The van der Waals surface area contributed by atoms with E-state index >= 15 is 0 Å². The van der Waals surface area contributed by atoms with Gasteiger partial charge in [-0.25, -0.2) is 9.50 Å². The largest absolute Gasteiger partial charge is 0.405 e. The van der Waals surface area contributed by atoms with E-state index in [-0.39, 0.29) is 6.42 Å². The van der Waals surface area contributed by atoms with E-state index < -0.39 is 24.7 Å². The third kappa shape index (κ3) is 4.58. The Labute approximate surface area is 160 Å². The molecular formula is C17H24F3N7O. The smallest absolute Gasteiger partial charge is 0.354 e. The monoisotopic (exact) mass is 399 g/mol. The topological polar surface area (TPSA) is 87.4 Å². The van der Waals surface area contributed by atoms with Crippen molar-refractivity contribution in [2.45, 2.75) is 38.9 Å². The third-order valence-electron chi connectivity index (χ3n) is 5.05. The van der Waals surface area contributed by atoms with E-state index in [4.69, 9.17) is 0 Å². The number of aromatic nitrogens is 4. The molecule has 1 amide bonds. The number of aryl methyl sites for hydroxylation is 2. The Kier molecular flexibility index (Phi) is 6.14. The number of nitrogens with zero attached hydrogens (tertiary/aromatic N) is 5. The molecule has 3 heterocycles. The standard InChI is InChI=1S/C17H24F3N7O/c1-11-13(12(2)27-16(25-11)23-10-24-27)3-4-15(28)22-9-14(17(18,19)20)26-7-5-21-6-8-26/h10,14,21H,3-9H2,1-2H3,(H,22,28). The van der Waals surface area contributed by atoms with Gasteiger partial charge in [0.2, 0.25) is 5.91 Å². The Morgan fingerprint density at radius 2 is 2.04 bits per heavy atom. The van der Waals surface area contributed by atoms with E-state index in [1.54, 1.807) is 4.52 Å². The van der Waals surface area contributed by atoms with Gasteiger partial charge in [-0.3, -0.25) is 9.69 Å². The van der Waals surface area contributed by atoms with Gasteiger partial charge in [-0.15, -0.1) is 0 Å². The zero-order valence-electron chi connectivity index (χ0n) is 15.9. The van der Waals surface area contributed by atoms with Crippen molar-refractivity contribution in [1.82, 2.24) is 35.1 Å². The first-order chi connectivity index (χ1) is 13.3. The molecule has 2 aromatic heterocycles. The zero-order valence-corrected chi connectivity index (χ0v) is 15.9. The lowest BCUT2D eigenvalue weighted by Crippen LogP contribution is -2.57. The van der Waals surface area contributed by atoms with Crippen LogP contribution in [0.15, 0.2) is 6.33 Å². The van der Waals surface area contributed by atoms with Crippen LogP contribution in [0, 0.1) is 13.8 Å². The van der Waals surface area contributed by atoms with Gasteiger partial charge in [0, 0.05) is 50.5 Å². The second-order valence-corrected chi connectivity index (χ2v) is 6.88. The van der Waals surface area contributed by atoms with E-state index in [9.17, 15) is 18.0 Å². The van der Waals surface area contributed by atoms with Crippen LogP contribution in [-0.4, -0.2) is 75.3 Å². The summed E-state index contributed by atoms with van der Waals surface area (Å²) < 4.78 is 41.8. The van der Waals surface area contributed by atoms with Crippen molar-refractivity contribution in [3.05, 3.63) is 23.3 Å². The molecule has 28 heavy (non-hydrogen) atoms. The molecule has 1 aliphatic heterocycles. The summed E-state index contributed by atoms with van der Waals surface area (Å²) in [6, 6.07) is -1.67. The molecule has 154 valence electrons. The third-order valence-corrected chi connectivity index (χ3v) is 5.05. The molecule has 0 spiro atoms. The summed E-state index contributed by atoms with van der Waals surface area (Å²) in [6.07, 6.45) is -2.54. The predicted octanol–water partition coefficient (Wildman–Crippen LogP) is 0.626. The van der Waals surface area contributed by atoms with E-state index in [1.807, 2.05) is 13.8 Å². The number of halogens is 3. The molecular weight excluding hydrogens is 375 g/mol. The number of carbonyl (C=O) groups is 1. The maximum absolute atomic E-state index is 13.4. The quantitative estimate of drug-likeness (QED) is 0.741. The molecule has 0 radical (unpaired) electrons. The zero-order chi connectivity index (χ0) is 20.3. The van der Waals surface area contributed by atoms with Crippen LogP contribution < -0.4 is 10.6 Å². The first kappa shape index (κ1) is 20.5. The fourth-order valence-corrected chi connectivity index (χ4v) is 3.50. The summed E-state index contributed by atoms with van der Waals surface area (Å²) in [7, 11) is 0. The van der Waals surface area contributed by atoms with Crippen molar-refractivity contribution < 1.29 is 18.0 Å². The molecule has 0 aromatic carbocycles. The summed E-state index contributed by atoms with van der Waals surface area (Å²) in [4.78, 5) is 21.9. The van der Waals surface area contributed by atoms with Gasteiger partial charge < -0.3 is 10.6 Å². The lowest BCUT2D eigenvalue weighted by Gasteiger charge is -2.35. The highest BCUT2D eigenvalue weighted by molar-refractivity contribution is 5.76. The number of amides is 1. The molecule has 2 aromatic rings. The number of alkyl halides is 3. The summed E-state index contributed by atoms with van der Waals surface area (Å²) in [5, 5.41) is 9.58. The van der Waals surface area contributed by atoms with E-state index in [2.05, 4.69) is 25.7 Å². The summed E-state index contributed by atoms with van der Waals surface area (Å²) in [6.45, 7) is 4.87. The predicted molar refractivity (Wildman–Crippen MR) is 95.9 cm³/mol. The highest BCUT2D eigenvalue weighted by atomic mass is 19.4. The van der Waals surface area contributed by atoms with Crippen molar-refractivity contribution in [3.63, 3.8) is 0 Å². The number of hydrogen-bond donors (Lipinski definition) is 2. The molecule has 2 N–H and O–H groups in total. The van der Waals surface area contributed by atoms with E-state index in [0.29, 0.717) is 38.4 Å². The van der Waals surface area contributed by atoms with Gasteiger partial charge in [0.1, 0.15) is 12.4 Å². The maximum atomic E-state index is 13.4. The van der Waals surface area contributed by atoms with Crippen LogP contribution in [-0.2, 0) is 11.2 Å².